The van der Waals surface area contributed by atoms with Crippen LogP contribution in [0.4, 0.5) is 5.69 Å². The second-order valence-electron chi connectivity index (χ2n) is 5.56. The number of amides is 2. The highest BCUT2D eigenvalue weighted by atomic mass is 32.2. The highest BCUT2D eigenvalue weighted by molar-refractivity contribution is 8.00. The van der Waals surface area contributed by atoms with Crippen molar-refractivity contribution in [3.63, 3.8) is 0 Å². The van der Waals surface area contributed by atoms with E-state index in [1.807, 2.05) is 26.0 Å². The number of thioether (sulfide) groups is 1. The van der Waals surface area contributed by atoms with Crippen LogP contribution >= 0.6 is 11.8 Å². The average Bonchev–Trinajstić information content (AvgIpc) is 3.23. The lowest BCUT2D eigenvalue weighted by molar-refractivity contribution is -0.115. The average molecular weight is 290 g/mol. The van der Waals surface area contributed by atoms with Gasteiger partial charge in [0.1, 0.15) is 0 Å². The van der Waals surface area contributed by atoms with E-state index in [-0.39, 0.29) is 23.1 Å². The molecule has 0 aromatic heterocycles. The van der Waals surface area contributed by atoms with Crippen LogP contribution in [0.25, 0.3) is 0 Å². The second-order valence-corrected chi connectivity index (χ2v) is 6.94. The van der Waals surface area contributed by atoms with Gasteiger partial charge in [0, 0.05) is 16.5 Å². The van der Waals surface area contributed by atoms with Gasteiger partial charge in [-0.25, -0.2) is 0 Å². The first-order chi connectivity index (χ1) is 9.54. The summed E-state index contributed by atoms with van der Waals surface area (Å²) in [5.74, 6) is 0.559. The van der Waals surface area contributed by atoms with Crippen LogP contribution in [0.1, 0.15) is 37.0 Å². The highest BCUT2D eigenvalue weighted by Gasteiger charge is 2.29. The molecule has 0 unspecified atom stereocenters. The Balaban J connectivity index is 1.76. The number of rotatable bonds is 3. The van der Waals surface area contributed by atoms with E-state index in [1.165, 1.54) is 24.6 Å². The van der Waals surface area contributed by atoms with Crippen molar-refractivity contribution in [2.24, 2.45) is 5.92 Å². The topological polar surface area (TPSA) is 58.2 Å². The van der Waals surface area contributed by atoms with Gasteiger partial charge in [0.15, 0.2) is 0 Å². The summed E-state index contributed by atoms with van der Waals surface area (Å²) in [6.07, 6.45) is 2.41. The van der Waals surface area contributed by atoms with Crippen LogP contribution < -0.4 is 10.6 Å². The van der Waals surface area contributed by atoms with Crippen molar-refractivity contribution in [1.29, 1.82) is 0 Å². The normalized spacial score (nSPS) is 22.7. The number of benzene rings is 1. The molecule has 1 heterocycles. The molecule has 0 spiro atoms. The van der Waals surface area contributed by atoms with Crippen LogP contribution in [0.3, 0.4) is 0 Å². The second kappa shape index (κ2) is 5.13. The number of fused-ring (bicyclic) bond motifs is 1. The number of anilines is 1. The molecule has 1 aliphatic carbocycles. The third-order valence-corrected chi connectivity index (χ3v) is 5.04. The fourth-order valence-electron chi connectivity index (χ4n) is 2.35. The zero-order valence-electron chi connectivity index (χ0n) is 11.6. The third kappa shape index (κ3) is 2.68. The number of hydrogen-bond donors (Lipinski definition) is 2. The van der Waals surface area contributed by atoms with Gasteiger partial charge in [0.25, 0.3) is 5.91 Å². The van der Waals surface area contributed by atoms with E-state index in [2.05, 4.69) is 10.6 Å². The molecule has 1 aromatic carbocycles. The zero-order valence-corrected chi connectivity index (χ0v) is 12.4. The Morgan fingerprint density at radius 2 is 2.20 bits per heavy atom. The minimum Gasteiger partial charge on any atom is -0.349 e. The lowest BCUT2D eigenvalue weighted by Crippen LogP contribution is -2.34. The van der Waals surface area contributed by atoms with Crippen LogP contribution in [0.2, 0.25) is 0 Å². The lowest BCUT2D eigenvalue weighted by atomic mass is 10.1. The molecule has 1 saturated carbocycles. The Labute approximate surface area is 122 Å². The van der Waals surface area contributed by atoms with Crippen molar-refractivity contribution in [3.05, 3.63) is 23.8 Å². The fraction of sp³-hybridized carbons (Fsp3) is 0.467. The summed E-state index contributed by atoms with van der Waals surface area (Å²) in [6, 6.07) is 5.72. The Bertz CT molecular complexity index is 569. The maximum absolute atomic E-state index is 12.2. The molecule has 20 heavy (non-hydrogen) atoms. The molecule has 2 N–H and O–H groups in total. The summed E-state index contributed by atoms with van der Waals surface area (Å²) in [6.45, 7) is 3.92. The van der Waals surface area contributed by atoms with Gasteiger partial charge in [0.2, 0.25) is 5.91 Å². The maximum atomic E-state index is 12.2. The van der Waals surface area contributed by atoms with Gasteiger partial charge in [-0.2, -0.15) is 0 Å². The number of hydrogen-bond acceptors (Lipinski definition) is 3. The SMILES string of the molecule is C[C@@H]1Sc2ccc(C(=O)N[C@@H](C)C3CC3)cc2NC1=O. The Hall–Kier alpha value is -1.49. The third-order valence-electron chi connectivity index (χ3n) is 3.86. The summed E-state index contributed by atoms with van der Waals surface area (Å²) >= 11 is 1.53. The molecule has 0 bridgehead atoms. The van der Waals surface area contributed by atoms with Crippen molar-refractivity contribution >= 4 is 29.3 Å². The molecule has 5 heteroatoms. The standard InChI is InChI=1S/C15H18N2O2S/c1-8(10-3-4-10)16-15(19)11-5-6-13-12(7-11)17-14(18)9(2)20-13/h5-10H,3-4H2,1-2H3,(H,16,19)(H,17,18)/t8-,9-/m0/s1. The molecule has 2 atom stereocenters. The number of carbonyl (C=O) groups excluding carboxylic acids is 2. The molecular weight excluding hydrogens is 272 g/mol. The molecule has 0 saturated heterocycles. The van der Waals surface area contributed by atoms with Gasteiger partial charge in [-0.05, 0) is 50.8 Å². The fourth-order valence-corrected chi connectivity index (χ4v) is 3.28. The molecular formula is C15H18N2O2S. The smallest absolute Gasteiger partial charge is 0.251 e. The van der Waals surface area contributed by atoms with Crippen molar-refractivity contribution in [2.75, 3.05) is 5.32 Å². The molecule has 0 radical (unpaired) electrons. The van der Waals surface area contributed by atoms with E-state index in [0.29, 0.717) is 11.5 Å². The predicted octanol–water partition coefficient (Wildman–Crippen LogP) is 2.65. The van der Waals surface area contributed by atoms with E-state index in [4.69, 9.17) is 0 Å². The first-order valence-corrected chi connectivity index (χ1v) is 7.85. The van der Waals surface area contributed by atoms with E-state index in [1.54, 1.807) is 6.07 Å². The van der Waals surface area contributed by atoms with Gasteiger partial charge in [0.05, 0.1) is 10.9 Å². The summed E-state index contributed by atoms with van der Waals surface area (Å²) in [5.41, 5.74) is 1.34. The number of carbonyl (C=O) groups is 2. The van der Waals surface area contributed by atoms with Crippen LogP contribution in [0.15, 0.2) is 23.1 Å². The van der Waals surface area contributed by atoms with Crippen LogP contribution in [-0.4, -0.2) is 23.1 Å². The molecule has 106 valence electrons. The molecule has 2 aliphatic rings. The lowest BCUT2D eigenvalue weighted by Gasteiger charge is -2.22. The van der Waals surface area contributed by atoms with Crippen molar-refractivity contribution < 1.29 is 9.59 Å². The van der Waals surface area contributed by atoms with Gasteiger partial charge in [-0.1, -0.05) is 0 Å². The highest BCUT2D eigenvalue weighted by Crippen LogP contribution is 2.36. The first-order valence-electron chi connectivity index (χ1n) is 6.97. The largest absolute Gasteiger partial charge is 0.349 e. The zero-order chi connectivity index (χ0) is 14.3. The van der Waals surface area contributed by atoms with Crippen LogP contribution in [0, 0.1) is 5.92 Å². The monoisotopic (exact) mass is 290 g/mol. The van der Waals surface area contributed by atoms with E-state index < -0.39 is 0 Å². The first kappa shape index (κ1) is 13.5. The van der Waals surface area contributed by atoms with Crippen molar-refractivity contribution in [2.45, 2.75) is 42.9 Å². The summed E-state index contributed by atoms with van der Waals surface area (Å²) in [5, 5.41) is 5.79. The van der Waals surface area contributed by atoms with E-state index in [9.17, 15) is 9.59 Å². The summed E-state index contributed by atoms with van der Waals surface area (Å²) < 4.78 is 0. The van der Waals surface area contributed by atoms with E-state index >= 15 is 0 Å². The predicted molar refractivity (Wildman–Crippen MR) is 80.0 cm³/mol. The van der Waals surface area contributed by atoms with Crippen molar-refractivity contribution in [1.82, 2.24) is 5.32 Å². The summed E-state index contributed by atoms with van der Waals surface area (Å²) in [7, 11) is 0. The van der Waals surface area contributed by atoms with Gasteiger partial charge >= 0.3 is 0 Å². The summed E-state index contributed by atoms with van der Waals surface area (Å²) in [4.78, 5) is 24.9. The molecule has 1 aromatic rings. The van der Waals surface area contributed by atoms with Gasteiger partial charge in [-0.3, -0.25) is 9.59 Å². The molecule has 1 fully saturated rings. The Kier molecular flexibility index (Phi) is 3.46. The Morgan fingerprint density at radius 3 is 2.90 bits per heavy atom. The minimum atomic E-state index is -0.0861. The Morgan fingerprint density at radius 1 is 1.45 bits per heavy atom. The van der Waals surface area contributed by atoms with Gasteiger partial charge < -0.3 is 10.6 Å². The van der Waals surface area contributed by atoms with Gasteiger partial charge in [-0.15, -0.1) is 11.8 Å². The molecule has 4 nitrogen and oxygen atoms in total. The molecule has 1 aliphatic heterocycles. The molecule has 2 amide bonds. The van der Waals surface area contributed by atoms with Crippen LogP contribution in [-0.2, 0) is 4.79 Å². The number of nitrogens with one attached hydrogen (secondary N) is 2. The van der Waals surface area contributed by atoms with E-state index in [0.717, 1.165) is 10.6 Å². The van der Waals surface area contributed by atoms with Crippen molar-refractivity contribution in [3.8, 4) is 0 Å². The van der Waals surface area contributed by atoms with Crippen LogP contribution in [0.5, 0.6) is 0 Å². The minimum absolute atomic E-state index is 0.00796. The maximum Gasteiger partial charge on any atom is 0.251 e. The molecule has 3 rings (SSSR count). The quantitative estimate of drug-likeness (QED) is 0.899.